The highest BCUT2D eigenvalue weighted by atomic mass is 35.5. The van der Waals surface area contributed by atoms with Gasteiger partial charge in [0.1, 0.15) is 11.3 Å². The molecule has 1 N–H and O–H groups in total. The molecule has 0 atom stereocenters. The molecule has 4 nitrogen and oxygen atoms in total. The molecule has 5 heteroatoms. The first kappa shape index (κ1) is 11.2. The van der Waals surface area contributed by atoms with Crippen LogP contribution in [0.1, 0.15) is 13.8 Å². The molecular formula is C9H14ClN3O. The topological polar surface area (TPSA) is 49.2 Å². The van der Waals surface area contributed by atoms with Crippen LogP contribution in [0.15, 0.2) is 12.5 Å². The Kier molecular flexibility index (Phi) is 4.10. The van der Waals surface area contributed by atoms with Crippen molar-refractivity contribution >= 4 is 17.4 Å². The number of aliphatic hydroxyl groups excluding tert-OH is 1. The zero-order chi connectivity index (χ0) is 10.6. The van der Waals surface area contributed by atoms with Gasteiger partial charge < -0.3 is 10.0 Å². The Balaban J connectivity index is 2.93. The third-order valence-corrected chi connectivity index (χ3v) is 2.15. The number of anilines is 1. The second-order valence-corrected chi connectivity index (χ2v) is 3.61. The largest absolute Gasteiger partial charge is 0.395 e. The van der Waals surface area contributed by atoms with Crippen LogP contribution >= 0.6 is 11.6 Å². The van der Waals surface area contributed by atoms with E-state index in [0.29, 0.717) is 17.4 Å². The van der Waals surface area contributed by atoms with E-state index in [-0.39, 0.29) is 12.6 Å². The molecule has 1 rings (SSSR count). The summed E-state index contributed by atoms with van der Waals surface area (Å²) in [5.41, 5.74) is 0. The van der Waals surface area contributed by atoms with Crippen molar-refractivity contribution in [3.63, 3.8) is 0 Å². The fraction of sp³-hybridized carbons (Fsp3) is 0.556. The van der Waals surface area contributed by atoms with E-state index in [0.717, 1.165) is 0 Å². The van der Waals surface area contributed by atoms with Gasteiger partial charge in [-0.3, -0.25) is 0 Å². The minimum atomic E-state index is 0.0819. The maximum absolute atomic E-state index is 8.91. The molecule has 14 heavy (non-hydrogen) atoms. The molecule has 0 saturated carbocycles. The van der Waals surface area contributed by atoms with Gasteiger partial charge >= 0.3 is 0 Å². The number of aliphatic hydroxyl groups is 1. The molecule has 1 aromatic rings. The molecule has 0 aliphatic carbocycles. The molecular weight excluding hydrogens is 202 g/mol. The smallest absolute Gasteiger partial charge is 0.151 e. The maximum Gasteiger partial charge on any atom is 0.151 e. The number of halogens is 1. The molecule has 0 aromatic carbocycles. The highest BCUT2D eigenvalue weighted by Crippen LogP contribution is 2.22. The fourth-order valence-corrected chi connectivity index (χ4v) is 1.45. The van der Waals surface area contributed by atoms with Crippen molar-refractivity contribution in [3.05, 3.63) is 17.5 Å². The van der Waals surface area contributed by atoms with Crippen LogP contribution in [0.2, 0.25) is 5.02 Å². The van der Waals surface area contributed by atoms with Gasteiger partial charge in [-0.15, -0.1) is 0 Å². The molecule has 0 unspecified atom stereocenters. The van der Waals surface area contributed by atoms with Crippen LogP contribution in [-0.4, -0.2) is 34.3 Å². The Bertz CT molecular complexity index is 293. The van der Waals surface area contributed by atoms with E-state index < -0.39 is 0 Å². The lowest BCUT2D eigenvalue weighted by Gasteiger charge is -2.27. The van der Waals surface area contributed by atoms with E-state index in [2.05, 4.69) is 9.97 Å². The summed E-state index contributed by atoms with van der Waals surface area (Å²) >= 11 is 5.95. The van der Waals surface area contributed by atoms with E-state index in [9.17, 15) is 0 Å². The molecule has 0 fully saturated rings. The Morgan fingerprint density at radius 2 is 2.29 bits per heavy atom. The van der Waals surface area contributed by atoms with Crippen LogP contribution in [0, 0.1) is 0 Å². The molecule has 0 amide bonds. The Labute approximate surface area is 88.6 Å². The first-order valence-corrected chi connectivity index (χ1v) is 4.87. The summed E-state index contributed by atoms with van der Waals surface area (Å²) in [4.78, 5) is 9.84. The Morgan fingerprint density at radius 1 is 1.57 bits per heavy atom. The van der Waals surface area contributed by atoms with E-state index in [4.69, 9.17) is 16.7 Å². The van der Waals surface area contributed by atoms with Crippen molar-refractivity contribution < 1.29 is 5.11 Å². The molecule has 0 radical (unpaired) electrons. The lowest BCUT2D eigenvalue weighted by Crippen LogP contribution is -2.34. The summed E-state index contributed by atoms with van der Waals surface area (Å²) in [6.07, 6.45) is 3.00. The van der Waals surface area contributed by atoms with Crippen LogP contribution in [0.3, 0.4) is 0 Å². The average Bonchev–Trinajstić information content (AvgIpc) is 2.15. The summed E-state index contributed by atoms with van der Waals surface area (Å²) < 4.78 is 0. The maximum atomic E-state index is 8.91. The van der Waals surface area contributed by atoms with Gasteiger partial charge in [0, 0.05) is 12.6 Å². The van der Waals surface area contributed by atoms with Crippen molar-refractivity contribution in [2.24, 2.45) is 0 Å². The Morgan fingerprint density at radius 3 is 2.79 bits per heavy atom. The third-order valence-electron chi connectivity index (χ3n) is 1.88. The lowest BCUT2D eigenvalue weighted by atomic mass is 10.3. The van der Waals surface area contributed by atoms with E-state index in [1.807, 2.05) is 18.7 Å². The quantitative estimate of drug-likeness (QED) is 0.824. The van der Waals surface area contributed by atoms with Crippen LogP contribution in [0.4, 0.5) is 5.82 Å². The number of rotatable bonds is 4. The first-order chi connectivity index (χ1) is 6.66. The zero-order valence-corrected chi connectivity index (χ0v) is 9.07. The minimum Gasteiger partial charge on any atom is -0.395 e. The molecule has 0 saturated heterocycles. The van der Waals surface area contributed by atoms with Crippen molar-refractivity contribution in [3.8, 4) is 0 Å². The van der Waals surface area contributed by atoms with Gasteiger partial charge in [-0.2, -0.15) is 0 Å². The van der Waals surface area contributed by atoms with Gasteiger partial charge in [0.05, 0.1) is 12.8 Å². The second kappa shape index (κ2) is 5.12. The number of hydrogen-bond donors (Lipinski definition) is 1. The SMILES string of the molecule is CC(C)N(CCO)c1ncncc1Cl. The molecule has 0 spiro atoms. The fourth-order valence-electron chi connectivity index (χ4n) is 1.23. The lowest BCUT2D eigenvalue weighted by molar-refractivity contribution is 0.298. The summed E-state index contributed by atoms with van der Waals surface area (Å²) in [5.74, 6) is 0.672. The molecule has 1 aromatic heterocycles. The van der Waals surface area contributed by atoms with Gasteiger partial charge in [-0.25, -0.2) is 9.97 Å². The van der Waals surface area contributed by atoms with Crippen molar-refractivity contribution in [2.75, 3.05) is 18.1 Å². The number of hydrogen-bond acceptors (Lipinski definition) is 4. The monoisotopic (exact) mass is 215 g/mol. The van der Waals surface area contributed by atoms with E-state index in [1.165, 1.54) is 6.33 Å². The third kappa shape index (κ3) is 2.56. The number of nitrogens with zero attached hydrogens (tertiary/aromatic N) is 3. The normalized spacial score (nSPS) is 10.6. The van der Waals surface area contributed by atoms with Gasteiger partial charge in [0.25, 0.3) is 0 Å². The van der Waals surface area contributed by atoms with Crippen LogP contribution in [0.5, 0.6) is 0 Å². The van der Waals surface area contributed by atoms with Gasteiger partial charge in [-0.1, -0.05) is 11.6 Å². The van der Waals surface area contributed by atoms with Crippen LogP contribution in [-0.2, 0) is 0 Å². The van der Waals surface area contributed by atoms with E-state index >= 15 is 0 Å². The summed E-state index contributed by atoms with van der Waals surface area (Å²) in [5, 5.41) is 9.42. The number of aromatic nitrogens is 2. The van der Waals surface area contributed by atoms with Gasteiger partial charge in [-0.05, 0) is 13.8 Å². The molecule has 78 valence electrons. The van der Waals surface area contributed by atoms with E-state index in [1.54, 1.807) is 6.20 Å². The molecule has 1 heterocycles. The highest BCUT2D eigenvalue weighted by Gasteiger charge is 2.14. The van der Waals surface area contributed by atoms with Crippen molar-refractivity contribution in [1.29, 1.82) is 0 Å². The van der Waals surface area contributed by atoms with Crippen molar-refractivity contribution in [2.45, 2.75) is 19.9 Å². The predicted molar refractivity (Wildman–Crippen MR) is 56.6 cm³/mol. The predicted octanol–water partition coefficient (Wildman–Crippen LogP) is 1.34. The molecule has 0 aliphatic heterocycles. The summed E-state index contributed by atoms with van der Waals surface area (Å²) in [6, 6.07) is 0.245. The van der Waals surface area contributed by atoms with Crippen LogP contribution < -0.4 is 4.90 Å². The minimum absolute atomic E-state index is 0.0819. The zero-order valence-electron chi connectivity index (χ0n) is 8.31. The molecule has 0 bridgehead atoms. The Hall–Kier alpha value is -0.870. The highest BCUT2D eigenvalue weighted by molar-refractivity contribution is 6.32. The molecule has 0 aliphatic rings. The van der Waals surface area contributed by atoms with Crippen LogP contribution in [0.25, 0.3) is 0 Å². The summed E-state index contributed by atoms with van der Waals surface area (Å²) in [6.45, 7) is 4.65. The first-order valence-electron chi connectivity index (χ1n) is 4.49. The van der Waals surface area contributed by atoms with Gasteiger partial charge in [0.2, 0.25) is 0 Å². The standard InChI is InChI=1S/C9H14ClN3O/c1-7(2)13(3-4-14)9-8(10)5-11-6-12-9/h5-7,14H,3-4H2,1-2H3. The van der Waals surface area contributed by atoms with Gasteiger partial charge in [0.15, 0.2) is 5.82 Å². The average molecular weight is 216 g/mol. The second-order valence-electron chi connectivity index (χ2n) is 3.21. The van der Waals surface area contributed by atoms with Crippen molar-refractivity contribution in [1.82, 2.24) is 9.97 Å². The summed E-state index contributed by atoms with van der Waals surface area (Å²) in [7, 11) is 0.